The Hall–Kier alpha value is -2.44. The number of carbonyl (C=O) groups excluding carboxylic acids is 2. The molecule has 2 aromatic carbocycles. The summed E-state index contributed by atoms with van der Waals surface area (Å²) in [6.45, 7) is 5.99. The van der Waals surface area contributed by atoms with E-state index in [1.54, 1.807) is 37.3 Å². The molecule has 2 atom stereocenters. The third-order valence-electron chi connectivity index (χ3n) is 5.85. The fourth-order valence-electron chi connectivity index (χ4n) is 3.65. The lowest BCUT2D eigenvalue weighted by Crippen LogP contribution is -2.50. The Morgan fingerprint density at radius 3 is 2.21 bits per heavy atom. The number of ether oxygens (including phenoxy) is 2. The Morgan fingerprint density at radius 1 is 1.00 bits per heavy atom. The minimum Gasteiger partial charge on any atom is -0.493 e. The van der Waals surface area contributed by atoms with Gasteiger partial charge in [0, 0.05) is 34.6 Å². The molecule has 2 amide bonds. The highest BCUT2D eigenvalue weighted by Gasteiger charge is 2.30. The van der Waals surface area contributed by atoms with Gasteiger partial charge in [-0.25, -0.2) is 0 Å². The summed E-state index contributed by atoms with van der Waals surface area (Å²) in [6, 6.07) is 10.2. The van der Waals surface area contributed by atoms with Crippen LogP contribution >= 0.6 is 23.2 Å². The number of carbonyl (C=O) groups is 2. The van der Waals surface area contributed by atoms with Gasteiger partial charge >= 0.3 is 0 Å². The van der Waals surface area contributed by atoms with Crippen molar-refractivity contribution in [3.05, 3.63) is 57.6 Å². The summed E-state index contributed by atoms with van der Waals surface area (Å²) in [4.78, 5) is 28.2. The number of nitrogens with zero attached hydrogens (tertiary/aromatic N) is 1. The van der Waals surface area contributed by atoms with E-state index in [9.17, 15) is 9.59 Å². The Balaban J connectivity index is 2.30. The Kier molecular flexibility index (Phi) is 11.0. The molecule has 0 aromatic heterocycles. The van der Waals surface area contributed by atoms with E-state index in [4.69, 9.17) is 32.7 Å². The minimum absolute atomic E-state index is 0.00849. The van der Waals surface area contributed by atoms with E-state index < -0.39 is 6.04 Å². The molecule has 2 rings (SSSR count). The van der Waals surface area contributed by atoms with Gasteiger partial charge in [-0.1, -0.05) is 49.2 Å². The average molecular weight is 509 g/mol. The van der Waals surface area contributed by atoms with Crippen LogP contribution in [0.2, 0.25) is 10.0 Å². The first-order valence-corrected chi connectivity index (χ1v) is 12.2. The highest BCUT2D eigenvalue weighted by molar-refractivity contribution is 6.36. The molecule has 0 bridgehead atoms. The SMILES string of the molecule is CCC(C)NC(=O)C(CC)N(Cc1c(Cl)cccc1Cl)C(=O)CCc1ccc(OC)c(OC)c1. The third-order valence-corrected chi connectivity index (χ3v) is 6.56. The van der Waals surface area contributed by atoms with Crippen LogP contribution in [0.25, 0.3) is 0 Å². The summed E-state index contributed by atoms with van der Waals surface area (Å²) >= 11 is 12.8. The summed E-state index contributed by atoms with van der Waals surface area (Å²) in [7, 11) is 3.15. The predicted molar refractivity (Wildman–Crippen MR) is 137 cm³/mol. The number of hydrogen-bond donors (Lipinski definition) is 1. The van der Waals surface area contributed by atoms with E-state index in [1.807, 2.05) is 39.0 Å². The van der Waals surface area contributed by atoms with Gasteiger partial charge in [0.15, 0.2) is 11.5 Å². The van der Waals surface area contributed by atoms with Crippen LogP contribution in [0.15, 0.2) is 36.4 Å². The summed E-state index contributed by atoms with van der Waals surface area (Å²) in [6.07, 6.45) is 1.96. The van der Waals surface area contributed by atoms with Crippen LogP contribution in [0.5, 0.6) is 11.5 Å². The highest BCUT2D eigenvalue weighted by Crippen LogP contribution is 2.29. The van der Waals surface area contributed by atoms with Crippen molar-refractivity contribution in [3.63, 3.8) is 0 Å². The van der Waals surface area contributed by atoms with Crippen molar-refractivity contribution >= 4 is 35.0 Å². The molecule has 0 fully saturated rings. The van der Waals surface area contributed by atoms with Gasteiger partial charge in [-0.05, 0) is 56.0 Å². The quantitative estimate of drug-likeness (QED) is 0.401. The number of halogens is 2. The number of methoxy groups -OCH3 is 2. The molecule has 0 saturated carbocycles. The van der Waals surface area contributed by atoms with E-state index in [2.05, 4.69) is 5.32 Å². The molecule has 8 heteroatoms. The first kappa shape index (κ1) is 27.8. The molecule has 0 heterocycles. The van der Waals surface area contributed by atoms with E-state index in [0.29, 0.717) is 39.9 Å². The van der Waals surface area contributed by atoms with Crippen LogP contribution in [0.4, 0.5) is 0 Å². The first-order valence-electron chi connectivity index (χ1n) is 11.5. The zero-order valence-electron chi connectivity index (χ0n) is 20.5. The number of hydrogen-bond acceptors (Lipinski definition) is 4. The maximum Gasteiger partial charge on any atom is 0.243 e. The summed E-state index contributed by atoms with van der Waals surface area (Å²) in [5.41, 5.74) is 1.55. The van der Waals surface area contributed by atoms with Gasteiger partial charge in [-0.2, -0.15) is 0 Å². The molecule has 34 heavy (non-hydrogen) atoms. The smallest absolute Gasteiger partial charge is 0.243 e. The minimum atomic E-state index is -0.640. The lowest BCUT2D eigenvalue weighted by Gasteiger charge is -2.32. The summed E-state index contributed by atoms with van der Waals surface area (Å²) in [5, 5.41) is 3.92. The maximum atomic E-state index is 13.5. The second kappa shape index (κ2) is 13.4. The van der Waals surface area contributed by atoms with Crippen molar-refractivity contribution in [2.45, 2.75) is 65.1 Å². The molecule has 0 saturated heterocycles. The molecule has 1 N–H and O–H groups in total. The van der Waals surface area contributed by atoms with Gasteiger partial charge in [0.1, 0.15) is 6.04 Å². The lowest BCUT2D eigenvalue weighted by molar-refractivity contribution is -0.141. The van der Waals surface area contributed by atoms with Crippen molar-refractivity contribution in [3.8, 4) is 11.5 Å². The van der Waals surface area contributed by atoms with Crippen molar-refractivity contribution in [2.75, 3.05) is 14.2 Å². The molecular formula is C26H34Cl2N2O4. The standard InChI is InChI=1S/C26H34Cl2N2O4/c1-6-17(3)29-26(32)22(7-2)30(16-19-20(27)9-8-10-21(19)28)25(31)14-12-18-11-13-23(33-4)24(15-18)34-5/h8-11,13,15,17,22H,6-7,12,14,16H2,1-5H3,(H,29,32). The van der Waals surface area contributed by atoms with Gasteiger partial charge in [-0.15, -0.1) is 0 Å². The normalized spacial score (nSPS) is 12.6. The van der Waals surface area contributed by atoms with Crippen LogP contribution < -0.4 is 14.8 Å². The topological polar surface area (TPSA) is 67.9 Å². The molecule has 6 nitrogen and oxygen atoms in total. The fourth-order valence-corrected chi connectivity index (χ4v) is 4.16. The first-order chi connectivity index (χ1) is 16.2. The number of benzene rings is 2. The van der Waals surface area contributed by atoms with E-state index >= 15 is 0 Å². The van der Waals surface area contributed by atoms with Crippen LogP contribution in [0.3, 0.4) is 0 Å². The molecule has 186 valence electrons. The van der Waals surface area contributed by atoms with Crippen molar-refractivity contribution in [2.24, 2.45) is 0 Å². The van der Waals surface area contributed by atoms with Crippen LogP contribution in [-0.2, 0) is 22.6 Å². The van der Waals surface area contributed by atoms with E-state index in [0.717, 1.165) is 12.0 Å². The number of nitrogens with one attached hydrogen (secondary N) is 1. The number of rotatable bonds is 12. The monoisotopic (exact) mass is 508 g/mol. The second-order valence-corrected chi connectivity index (χ2v) is 8.97. The number of aryl methyl sites for hydroxylation is 1. The van der Waals surface area contributed by atoms with Crippen molar-refractivity contribution in [1.29, 1.82) is 0 Å². The third kappa shape index (κ3) is 7.28. The summed E-state index contributed by atoms with van der Waals surface area (Å²) in [5.74, 6) is 0.892. The van der Waals surface area contributed by atoms with E-state index in [-0.39, 0.29) is 30.8 Å². The summed E-state index contributed by atoms with van der Waals surface area (Å²) < 4.78 is 10.7. The molecular weight excluding hydrogens is 475 g/mol. The molecule has 0 aliphatic heterocycles. The van der Waals surface area contributed by atoms with Crippen LogP contribution in [0, 0.1) is 0 Å². The number of amides is 2. The van der Waals surface area contributed by atoms with Crippen molar-refractivity contribution in [1.82, 2.24) is 10.2 Å². The molecule has 2 unspecified atom stereocenters. The maximum absolute atomic E-state index is 13.5. The Bertz CT molecular complexity index is 963. The predicted octanol–water partition coefficient (Wildman–Crippen LogP) is 5.67. The van der Waals surface area contributed by atoms with Gasteiger partial charge in [-0.3, -0.25) is 9.59 Å². The zero-order valence-corrected chi connectivity index (χ0v) is 22.0. The Labute approximate surface area is 212 Å². The average Bonchev–Trinajstić information content (AvgIpc) is 2.83. The largest absolute Gasteiger partial charge is 0.493 e. The van der Waals surface area contributed by atoms with Gasteiger partial charge < -0.3 is 19.7 Å². The molecule has 0 radical (unpaired) electrons. The van der Waals surface area contributed by atoms with Crippen molar-refractivity contribution < 1.29 is 19.1 Å². The fraction of sp³-hybridized carbons (Fsp3) is 0.462. The van der Waals surface area contributed by atoms with Gasteiger partial charge in [0.05, 0.1) is 14.2 Å². The zero-order chi connectivity index (χ0) is 25.3. The molecule has 0 aliphatic rings. The van der Waals surface area contributed by atoms with E-state index in [1.165, 1.54) is 0 Å². The molecule has 0 aliphatic carbocycles. The Morgan fingerprint density at radius 2 is 1.65 bits per heavy atom. The lowest BCUT2D eigenvalue weighted by atomic mass is 10.0. The van der Waals surface area contributed by atoms with Crippen LogP contribution in [-0.4, -0.2) is 43.0 Å². The molecule has 0 spiro atoms. The second-order valence-electron chi connectivity index (χ2n) is 8.15. The molecule has 2 aromatic rings. The highest BCUT2D eigenvalue weighted by atomic mass is 35.5. The van der Waals surface area contributed by atoms with Gasteiger partial charge in [0.25, 0.3) is 0 Å². The van der Waals surface area contributed by atoms with Crippen LogP contribution in [0.1, 0.15) is 51.2 Å². The van der Waals surface area contributed by atoms with Gasteiger partial charge in [0.2, 0.25) is 11.8 Å².